The molecule has 0 spiro atoms. The second kappa shape index (κ2) is 6.20. The van der Waals surface area contributed by atoms with Crippen LogP contribution in [0, 0.1) is 0 Å². The zero-order chi connectivity index (χ0) is 15.5. The van der Waals surface area contributed by atoms with E-state index in [1.54, 1.807) is 32.1 Å². The molecule has 0 saturated heterocycles. The molecular weight excluding hydrogens is 290 g/mol. The molecule has 0 amide bonds. The number of nitrogens with zero attached hydrogens (tertiary/aromatic N) is 3. The fraction of sp³-hybridized carbons (Fsp3) is 0.267. The fourth-order valence-electron chi connectivity index (χ4n) is 1.72. The van der Waals surface area contributed by atoms with Crippen LogP contribution in [0.5, 0.6) is 0 Å². The first-order valence-corrected chi connectivity index (χ1v) is 6.74. The molecule has 0 bridgehead atoms. The average molecular weight is 306 g/mol. The van der Waals surface area contributed by atoms with Crippen LogP contribution in [0.1, 0.15) is 19.4 Å². The Morgan fingerprint density at radius 1 is 1.43 bits per heavy atom. The molecule has 0 unspecified atom stereocenters. The van der Waals surface area contributed by atoms with Gasteiger partial charge in [0.15, 0.2) is 0 Å². The van der Waals surface area contributed by atoms with Crippen molar-refractivity contribution in [2.24, 2.45) is 0 Å². The molecule has 0 aliphatic heterocycles. The number of carbonyl (C=O) groups is 1. The minimum absolute atomic E-state index is 0.199. The van der Waals surface area contributed by atoms with Gasteiger partial charge in [0.1, 0.15) is 24.0 Å². The molecule has 110 valence electrons. The number of Topliss-reactive ketones (excluding diaryl/α,β-unsaturated/α-hetero) is 1. The van der Waals surface area contributed by atoms with Gasteiger partial charge < -0.3 is 4.74 Å². The number of benzene rings is 1. The minimum Gasteiger partial charge on any atom is -0.371 e. The summed E-state index contributed by atoms with van der Waals surface area (Å²) in [6, 6.07) is 7.22. The molecule has 0 radical (unpaired) electrons. The lowest BCUT2D eigenvalue weighted by atomic mass is 9.99. The van der Waals surface area contributed by atoms with Crippen molar-refractivity contribution in [1.29, 1.82) is 0 Å². The van der Waals surface area contributed by atoms with Gasteiger partial charge in [-0.3, -0.25) is 4.79 Å². The Kier molecular flexibility index (Phi) is 4.55. The summed E-state index contributed by atoms with van der Waals surface area (Å²) >= 11 is 5.98. The first-order chi connectivity index (χ1) is 9.94. The monoisotopic (exact) mass is 305 g/mol. The number of hydrogen-bond acceptors (Lipinski definition) is 4. The van der Waals surface area contributed by atoms with Gasteiger partial charge in [-0.1, -0.05) is 23.7 Å². The van der Waals surface area contributed by atoms with Crippen LogP contribution in [0.2, 0.25) is 5.02 Å². The van der Waals surface area contributed by atoms with E-state index in [1.165, 1.54) is 24.4 Å². The molecule has 5 nitrogen and oxygen atoms in total. The van der Waals surface area contributed by atoms with E-state index in [1.807, 2.05) is 12.1 Å². The summed E-state index contributed by atoms with van der Waals surface area (Å²) in [7, 11) is 1.50. The normalized spacial score (nSPS) is 12.5. The molecule has 6 heteroatoms. The smallest absolute Gasteiger partial charge is 0.212 e. The Hall–Kier alpha value is -1.98. The van der Waals surface area contributed by atoms with Gasteiger partial charge in [-0.2, -0.15) is 5.10 Å². The molecule has 1 heterocycles. The second-order valence-corrected chi connectivity index (χ2v) is 5.40. The minimum atomic E-state index is -0.962. The van der Waals surface area contributed by atoms with E-state index < -0.39 is 5.60 Å². The van der Waals surface area contributed by atoms with Gasteiger partial charge >= 0.3 is 0 Å². The van der Waals surface area contributed by atoms with Gasteiger partial charge in [-0.05, 0) is 37.6 Å². The molecule has 0 aliphatic rings. The Bertz CT molecular complexity index is 663. The fourth-order valence-corrected chi connectivity index (χ4v) is 1.92. The van der Waals surface area contributed by atoms with Crippen LogP contribution in [-0.2, 0) is 9.53 Å². The van der Waals surface area contributed by atoms with E-state index in [0.717, 1.165) is 5.56 Å². The summed E-state index contributed by atoms with van der Waals surface area (Å²) in [5.41, 5.74) is 0.200. The summed E-state index contributed by atoms with van der Waals surface area (Å²) < 4.78 is 6.68. The van der Waals surface area contributed by atoms with E-state index in [9.17, 15) is 4.79 Å². The van der Waals surface area contributed by atoms with Gasteiger partial charge in [0.25, 0.3) is 0 Å². The van der Waals surface area contributed by atoms with Crippen LogP contribution in [0.3, 0.4) is 0 Å². The maximum Gasteiger partial charge on any atom is 0.212 e. The molecule has 1 aromatic heterocycles. The van der Waals surface area contributed by atoms with Crippen molar-refractivity contribution >= 4 is 29.2 Å². The third-order valence-corrected chi connectivity index (χ3v) is 3.34. The van der Waals surface area contributed by atoms with Crippen LogP contribution in [0.15, 0.2) is 36.9 Å². The summed E-state index contributed by atoms with van der Waals surface area (Å²) in [5.74, 6) is -0.199. The Morgan fingerprint density at radius 2 is 2.19 bits per heavy atom. The number of hydrogen-bond donors (Lipinski definition) is 0. The average Bonchev–Trinajstić information content (AvgIpc) is 2.98. The number of carbonyl (C=O) groups excluding carboxylic acids is 1. The molecule has 0 N–H and O–H groups in total. The first kappa shape index (κ1) is 15.4. The van der Waals surface area contributed by atoms with E-state index in [4.69, 9.17) is 16.3 Å². The molecule has 21 heavy (non-hydrogen) atoms. The van der Waals surface area contributed by atoms with E-state index >= 15 is 0 Å². The third-order valence-electron chi connectivity index (χ3n) is 3.11. The van der Waals surface area contributed by atoms with Crippen LogP contribution < -0.4 is 0 Å². The lowest BCUT2D eigenvalue weighted by Crippen LogP contribution is -2.35. The number of rotatable bonds is 5. The molecule has 2 rings (SSSR count). The highest BCUT2D eigenvalue weighted by molar-refractivity contribution is 6.30. The van der Waals surface area contributed by atoms with Crippen molar-refractivity contribution < 1.29 is 9.53 Å². The van der Waals surface area contributed by atoms with Gasteiger partial charge in [-0.15, -0.1) is 0 Å². The highest BCUT2D eigenvalue weighted by atomic mass is 35.5. The van der Waals surface area contributed by atoms with Crippen molar-refractivity contribution in [2.45, 2.75) is 19.4 Å². The van der Waals surface area contributed by atoms with Crippen molar-refractivity contribution in [3.05, 3.63) is 47.5 Å². The standard InChI is InChI=1S/C15H16ClN3O2/c1-15(2,21-3)14(20)13(19-10-17-9-18-19)8-11-5-4-6-12(16)7-11/h4-10H,1-3H3/b13-8-. The Morgan fingerprint density at radius 3 is 2.76 bits per heavy atom. The number of ketones is 1. The van der Waals surface area contributed by atoms with Gasteiger partial charge in [-0.25, -0.2) is 9.67 Å². The number of halogens is 1. The molecule has 2 aromatic rings. The zero-order valence-corrected chi connectivity index (χ0v) is 12.8. The topological polar surface area (TPSA) is 57.0 Å². The number of methoxy groups -OCH3 is 1. The van der Waals surface area contributed by atoms with Gasteiger partial charge in [0, 0.05) is 12.1 Å². The predicted octanol–water partition coefficient (Wildman–Crippen LogP) is 2.92. The Balaban J connectivity index is 2.50. The lowest BCUT2D eigenvalue weighted by molar-refractivity contribution is -0.131. The maximum atomic E-state index is 12.7. The van der Waals surface area contributed by atoms with E-state index in [0.29, 0.717) is 10.7 Å². The molecule has 0 fully saturated rings. The Labute approximate surface area is 128 Å². The van der Waals surface area contributed by atoms with Crippen LogP contribution >= 0.6 is 11.6 Å². The number of ether oxygens (including phenoxy) is 1. The van der Waals surface area contributed by atoms with Crippen molar-refractivity contribution in [3.8, 4) is 0 Å². The van der Waals surface area contributed by atoms with Crippen molar-refractivity contribution in [2.75, 3.05) is 7.11 Å². The first-order valence-electron chi connectivity index (χ1n) is 6.36. The summed E-state index contributed by atoms with van der Waals surface area (Å²) in [5, 5.41) is 4.63. The molecule has 0 atom stereocenters. The molecule has 0 saturated carbocycles. The van der Waals surface area contributed by atoms with Crippen LogP contribution in [0.25, 0.3) is 11.8 Å². The molecule has 1 aromatic carbocycles. The highest BCUT2D eigenvalue weighted by Gasteiger charge is 2.31. The third kappa shape index (κ3) is 3.56. The van der Waals surface area contributed by atoms with Crippen LogP contribution in [-0.4, -0.2) is 33.3 Å². The van der Waals surface area contributed by atoms with Crippen molar-refractivity contribution in [3.63, 3.8) is 0 Å². The van der Waals surface area contributed by atoms with Crippen molar-refractivity contribution in [1.82, 2.24) is 14.8 Å². The summed E-state index contributed by atoms with van der Waals surface area (Å²) in [6.45, 7) is 3.41. The highest BCUT2D eigenvalue weighted by Crippen LogP contribution is 2.21. The second-order valence-electron chi connectivity index (χ2n) is 4.97. The zero-order valence-electron chi connectivity index (χ0n) is 12.1. The number of aromatic nitrogens is 3. The van der Waals surface area contributed by atoms with E-state index in [2.05, 4.69) is 10.1 Å². The lowest BCUT2D eigenvalue weighted by Gasteiger charge is -2.22. The SMILES string of the molecule is COC(C)(C)C(=O)/C(=C/c1cccc(Cl)c1)n1cncn1. The molecular formula is C15H16ClN3O2. The summed E-state index contributed by atoms with van der Waals surface area (Å²) in [6.07, 6.45) is 4.56. The quantitative estimate of drug-likeness (QED) is 0.797. The predicted molar refractivity (Wildman–Crippen MR) is 81.7 cm³/mol. The maximum absolute atomic E-state index is 12.7. The molecule has 0 aliphatic carbocycles. The summed E-state index contributed by atoms with van der Waals surface area (Å²) in [4.78, 5) is 16.6. The van der Waals surface area contributed by atoms with Gasteiger partial charge in [0.2, 0.25) is 5.78 Å². The van der Waals surface area contributed by atoms with Crippen LogP contribution in [0.4, 0.5) is 0 Å². The largest absolute Gasteiger partial charge is 0.371 e. The van der Waals surface area contributed by atoms with E-state index in [-0.39, 0.29) is 5.78 Å². The van der Waals surface area contributed by atoms with Gasteiger partial charge in [0.05, 0.1) is 0 Å².